The van der Waals surface area contributed by atoms with Gasteiger partial charge in [-0.05, 0) is 61.6 Å². The van der Waals surface area contributed by atoms with Crippen molar-refractivity contribution in [3.8, 4) is 0 Å². The summed E-state index contributed by atoms with van der Waals surface area (Å²) in [6.45, 7) is 4.79. The van der Waals surface area contributed by atoms with E-state index < -0.39 is 0 Å². The number of hydrogen-bond acceptors (Lipinski definition) is 2. The van der Waals surface area contributed by atoms with Crippen molar-refractivity contribution in [2.24, 2.45) is 5.92 Å². The third kappa shape index (κ3) is 6.84. The van der Waals surface area contributed by atoms with Crippen molar-refractivity contribution in [1.82, 2.24) is 0 Å². The molecule has 1 aliphatic rings. The average Bonchev–Trinajstić information content (AvgIpc) is 2.66. The molecular formula is C23H36O2. The Kier molecular flexibility index (Phi) is 9.07. The second-order valence-electron chi connectivity index (χ2n) is 7.68. The van der Waals surface area contributed by atoms with Gasteiger partial charge in [0.2, 0.25) is 0 Å². The van der Waals surface area contributed by atoms with Crippen molar-refractivity contribution in [1.29, 1.82) is 0 Å². The lowest BCUT2D eigenvalue weighted by Gasteiger charge is -2.29. The summed E-state index contributed by atoms with van der Waals surface area (Å²) in [5.74, 6) is 1.43. The molecule has 0 spiro atoms. The maximum Gasteiger partial charge on any atom is 0.338 e. The van der Waals surface area contributed by atoms with Crippen LogP contribution in [0.5, 0.6) is 0 Å². The molecule has 0 aromatic heterocycles. The van der Waals surface area contributed by atoms with Crippen LogP contribution in [0.25, 0.3) is 0 Å². The zero-order valence-electron chi connectivity index (χ0n) is 16.3. The van der Waals surface area contributed by atoms with Gasteiger partial charge in [0.05, 0.1) is 12.2 Å². The van der Waals surface area contributed by atoms with Crippen LogP contribution in [0, 0.1) is 5.92 Å². The minimum atomic E-state index is -0.194. The van der Waals surface area contributed by atoms with Gasteiger partial charge in [-0.3, -0.25) is 0 Å². The van der Waals surface area contributed by atoms with E-state index in [1.807, 2.05) is 19.1 Å². The number of carbonyl (C=O) groups excluding carboxylic acids is 1. The Morgan fingerprint density at radius 1 is 0.920 bits per heavy atom. The Morgan fingerprint density at radius 2 is 1.60 bits per heavy atom. The summed E-state index contributed by atoms with van der Waals surface area (Å²) < 4.78 is 5.20. The standard InChI is InChI=1S/C23H36O2/c1-3-5-6-7-8-9-19-10-12-20(13-11-19)21-14-16-22(17-15-21)23(24)25-18-4-2/h14-17,19-20H,3-13,18H2,1-2H3/t19-,20-. The van der Waals surface area contributed by atoms with Crippen molar-refractivity contribution in [2.75, 3.05) is 6.61 Å². The van der Waals surface area contributed by atoms with E-state index in [1.54, 1.807) is 0 Å². The van der Waals surface area contributed by atoms with Crippen molar-refractivity contribution < 1.29 is 9.53 Å². The first-order valence-electron chi connectivity index (χ1n) is 10.5. The van der Waals surface area contributed by atoms with Crippen LogP contribution in [0.3, 0.4) is 0 Å². The van der Waals surface area contributed by atoms with Gasteiger partial charge in [0, 0.05) is 0 Å². The molecule has 1 aliphatic carbocycles. The van der Waals surface area contributed by atoms with E-state index in [0.717, 1.165) is 12.3 Å². The Morgan fingerprint density at radius 3 is 2.24 bits per heavy atom. The predicted molar refractivity (Wildman–Crippen MR) is 105 cm³/mol. The molecule has 1 aromatic rings. The van der Waals surface area contributed by atoms with E-state index in [-0.39, 0.29) is 5.97 Å². The number of rotatable bonds is 10. The second kappa shape index (κ2) is 11.3. The topological polar surface area (TPSA) is 26.3 Å². The molecule has 2 heteroatoms. The minimum Gasteiger partial charge on any atom is -0.462 e. The Labute approximate surface area is 154 Å². The number of unbranched alkanes of at least 4 members (excludes halogenated alkanes) is 4. The fourth-order valence-corrected chi connectivity index (χ4v) is 3.99. The van der Waals surface area contributed by atoms with Crippen LogP contribution in [0.15, 0.2) is 24.3 Å². The Balaban J connectivity index is 1.72. The highest BCUT2D eigenvalue weighted by atomic mass is 16.5. The molecule has 0 saturated heterocycles. The molecule has 0 aliphatic heterocycles. The van der Waals surface area contributed by atoms with Crippen LogP contribution in [0.1, 0.15) is 106 Å². The maximum atomic E-state index is 11.9. The van der Waals surface area contributed by atoms with E-state index in [2.05, 4.69) is 19.1 Å². The van der Waals surface area contributed by atoms with Crippen molar-refractivity contribution in [2.45, 2.75) is 90.4 Å². The molecule has 25 heavy (non-hydrogen) atoms. The van der Waals surface area contributed by atoms with Gasteiger partial charge in [0.1, 0.15) is 0 Å². The fraction of sp³-hybridized carbons (Fsp3) is 0.696. The lowest BCUT2D eigenvalue weighted by atomic mass is 9.77. The van der Waals surface area contributed by atoms with Gasteiger partial charge in [-0.1, -0.05) is 64.5 Å². The lowest BCUT2D eigenvalue weighted by molar-refractivity contribution is 0.0505. The van der Waals surface area contributed by atoms with Crippen LogP contribution in [-0.4, -0.2) is 12.6 Å². The first-order chi connectivity index (χ1) is 12.2. The van der Waals surface area contributed by atoms with Gasteiger partial charge in [-0.15, -0.1) is 0 Å². The number of carbonyl (C=O) groups is 1. The third-order valence-corrected chi connectivity index (χ3v) is 5.62. The lowest BCUT2D eigenvalue weighted by Crippen LogP contribution is -2.13. The van der Waals surface area contributed by atoms with E-state index in [9.17, 15) is 4.79 Å². The summed E-state index contributed by atoms with van der Waals surface area (Å²) in [6.07, 6.45) is 14.6. The summed E-state index contributed by atoms with van der Waals surface area (Å²) in [7, 11) is 0. The van der Waals surface area contributed by atoms with E-state index in [1.165, 1.54) is 69.8 Å². The smallest absolute Gasteiger partial charge is 0.338 e. The van der Waals surface area contributed by atoms with Gasteiger partial charge >= 0.3 is 5.97 Å². The highest BCUT2D eigenvalue weighted by molar-refractivity contribution is 5.89. The van der Waals surface area contributed by atoms with Crippen LogP contribution in [0.4, 0.5) is 0 Å². The van der Waals surface area contributed by atoms with Crippen LogP contribution in [0.2, 0.25) is 0 Å². The molecule has 2 rings (SSSR count). The third-order valence-electron chi connectivity index (χ3n) is 5.62. The highest BCUT2D eigenvalue weighted by Gasteiger charge is 2.22. The number of hydrogen-bond donors (Lipinski definition) is 0. The quantitative estimate of drug-likeness (QED) is 0.341. The van der Waals surface area contributed by atoms with E-state index in [0.29, 0.717) is 18.1 Å². The monoisotopic (exact) mass is 344 g/mol. The molecule has 0 amide bonds. The second-order valence-corrected chi connectivity index (χ2v) is 7.68. The van der Waals surface area contributed by atoms with Gasteiger partial charge < -0.3 is 4.74 Å². The fourth-order valence-electron chi connectivity index (χ4n) is 3.99. The summed E-state index contributed by atoms with van der Waals surface area (Å²) in [6, 6.07) is 8.15. The molecule has 0 N–H and O–H groups in total. The molecule has 2 nitrogen and oxygen atoms in total. The first-order valence-corrected chi connectivity index (χ1v) is 10.5. The van der Waals surface area contributed by atoms with Crippen LogP contribution >= 0.6 is 0 Å². The maximum absolute atomic E-state index is 11.9. The number of esters is 1. The summed E-state index contributed by atoms with van der Waals surface area (Å²) in [5.41, 5.74) is 2.08. The van der Waals surface area contributed by atoms with Crippen LogP contribution < -0.4 is 0 Å². The van der Waals surface area contributed by atoms with E-state index >= 15 is 0 Å². The zero-order chi connectivity index (χ0) is 17.9. The average molecular weight is 345 g/mol. The molecular weight excluding hydrogens is 308 g/mol. The van der Waals surface area contributed by atoms with E-state index in [4.69, 9.17) is 4.74 Å². The molecule has 1 aromatic carbocycles. The summed E-state index contributed by atoms with van der Waals surface area (Å²) in [5, 5.41) is 0. The van der Waals surface area contributed by atoms with Gasteiger partial charge in [-0.2, -0.15) is 0 Å². The first kappa shape index (κ1) is 20.0. The number of ether oxygens (including phenoxy) is 1. The van der Waals surface area contributed by atoms with Crippen molar-refractivity contribution >= 4 is 5.97 Å². The summed E-state index contributed by atoms with van der Waals surface area (Å²) in [4.78, 5) is 11.9. The molecule has 140 valence electrons. The molecule has 1 fully saturated rings. The van der Waals surface area contributed by atoms with Crippen molar-refractivity contribution in [3.63, 3.8) is 0 Å². The predicted octanol–water partition coefficient (Wildman–Crippen LogP) is 6.89. The molecule has 0 unspecified atom stereocenters. The highest BCUT2D eigenvalue weighted by Crippen LogP contribution is 2.37. The Bertz CT molecular complexity index is 483. The largest absolute Gasteiger partial charge is 0.462 e. The molecule has 0 radical (unpaired) electrons. The van der Waals surface area contributed by atoms with Gasteiger partial charge in [0.15, 0.2) is 0 Å². The SMILES string of the molecule is CCCCCCC[C@H]1CC[C@H](c2ccc(C(=O)OCCC)cc2)CC1. The zero-order valence-corrected chi connectivity index (χ0v) is 16.3. The van der Waals surface area contributed by atoms with Gasteiger partial charge in [0.25, 0.3) is 0 Å². The molecule has 0 atom stereocenters. The molecule has 1 saturated carbocycles. The molecule has 0 bridgehead atoms. The minimum absolute atomic E-state index is 0.194. The van der Waals surface area contributed by atoms with Gasteiger partial charge in [-0.25, -0.2) is 4.79 Å². The Hall–Kier alpha value is -1.31. The van der Waals surface area contributed by atoms with Crippen molar-refractivity contribution in [3.05, 3.63) is 35.4 Å². The van der Waals surface area contributed by atoms with Crippen LogP contribution in [-0.2, 0) is 4.74 Å². The number of benzene rings is 1. The summed E-state index contributed by atoms with van der Waals surface area (Å²) >= 11 is 0. The molecule has 0 heterocycles. The normalized spacial score (nSPS) is 20.4.